The van der Waals surface area contributed by atoms with E-state index in [9.17, 15) is 9.59 Å². The van der Waals surface area contributed by atoms with Crippen molar-refractivity contribution < 1.29 is 9.59 Å². The first-order chi connectivity index (χ1) is 6.86. The van der Waals surface area contributed by atoms with Crippen molar-refractivity contribution in [2.24, 2.45) is 0 Å². The van der Waals surface area contributed by atoms with Gasteiger partial charge >= 0.3 is 0 Å². The minimum absolute atomic E-state index is 0.730. The molecule has 1 rings (SSSR count). The Hall–Kier alpha value is -1.96. The van der Waals surface area contributed by atoms with Crippen LogP contribution in [0.5, 0.6) is 0 Å². The Morgan fingerprint density at radius 3 is 1.79 bits per heavy atom. The van der Waals surface area contributed by atoms with E-state index in [1.54, 1.807) is 12.2 Å². The summed E-state index contributed by atoms with van der Waals surface area (Å²) in [6.45, 7) is 0. The summed E-state index contributed by atoms with van der Waals surface area (Å²) in [5, 5.41) is 0. The van der Waals surface area contributed by atoms with Gasteiger partial charge in [0.25, 0.3) is 0 Å². The van der Waals surface area contributed by atoms with Crippen molar-refractivity contribution in [2.75, 3.05) is 0 Å². The molecule has 0 N–H and O–H groups in total. The second-order valence-corrected chi connectivity index (χ2v) is 2.66. The number of rotatable bonds is 4. The molecule has 0 aliphatic carbocycles. The zero-order valence-electron chi connectivity index (χ0n) is 7.59. The third-order valence-corrected chi connectivity index (χ3v) is 1.65. The molecule has 14 heavy (non-hydrogen) atoms. The molecule has 0 radical (unpaired) electrons. The van der Waals surface area contributed by atoms with Crippen molar-refractivity contribution in [1.29, 1.82) is 0 Å². The van der Waals surface area contributed by atoms with Gasteiger partial charge in [0.1, 0.15) is 12.6 Å². The Labute approximate surface area is 82.6 Å². The fourth-order valence-corrected chi connectivity index (χ4v) is 1.07. The molecule has 0 saturated heterocycles. The molecule has 0 unspecified atom stereocenters. The number of carbonyl (C=O) groups excluding carboxylic acids is 2. The Morgan fingerprint density at radius 1 is 0.857 bits per heavy atom. The average molecular weight is 186 g/mol. The van der Waals surface area contributed by atoms with E-state index in [-0.39, 0.29) is 0 Å². The molecule has 2 nitrogen and oxygen atoms in total. The molecule has 0 aliphatic heterocycles. The van der Waals surface area contributed by atoms with Crippen LogP contribution in [0.4, 0.5) is 0 Å². The van der Waals surface area contributed by atoms with E-state index in [0.717, 1.165) is 23.7 Å². The lowest BCUT2D eigenvalue weighted by Crippen LogP contribution is -1.75. The summed E-state index contributed by atoms with van der Waals surface area (Å²) in [5.74, 6) is 0. The van der Waals surface area contributed by atoms with Gasteiger partial charge in [0, 0.05) is 0 Å². The quantitative estimate of drug-likeness (QED) is 0.533. The maximum absolute atomic E-state index is 10.1. The van der Waals surface area contributed by atoms with Crippen LogP contribution in [-0.2, 0) is 9.59 Å². The van der Waals surface area contributed by atoms with Gasteiger partial charge in [0.15, 0.2) is 0 Å². The summed E-state index contributed by atoms with van der Waals surface area (Å²) in [6, 6.07) is 7.53. The Bertz CT molecular complexity index is 342. The highest BCUT2D eigenvalue weighted by atomic mass is 16.1. The first-order valence-electron chi connectivity index (χ1n) is 4.20. The van der Waals surface area contributed by atoms with Crippen molar-refractivity contribution in [2.45, 2.75) is 0 Å². The summed E-state index contributed by atoms with van der Waals surface area (Å²) >= 11 is 0. The SMILES string of the molecule is O=C/C=C/c1cccc(/C=C/C=O)c1. The van der Waals surface area contributed by atoms with Crippen LogP contribution in [0.15, 0.2) is 36.4 Å². The van der Waals surface area contributed by atoms with Gasteiger partial charge in [-0.2, -0.15) is 0 Å². The Kier molecular flexibility index (Phi) is 4.08. The van der Waals surface area contributed by atoms with E-state index in [2.05, 4.69) is 0 Å². The minimum atomic E-state index is 0.730. The molecule has 0 heterocycles. The maximum atomic E-state index is 10.1. The number of aldehydes is 2. The standard InChI is InChI=1S/C12H10O2/c13-8-2-6-11-4-1-5-12(10-11)7-3-9-14/h1-10H/b6-2+,7-3+. The van der Waals surface area contributed by atoms with Crippen molar-refractivity contribution in [3.63, 3.8) is 0 Å². The summed E-state index contributed by atoms with van der Waals surface area (Å²) in [6.07, 6.45) is 7.75. The lowest BCUT2D eigenvalue weighted by Gasteiger charge is -1.94. The highest BCUT2D eigenvalue weighted by Gasteiger charge is 1.88. The maximum Gasteiger partial charge on any atom is 0.142 e. The molecule has 1 aromatic carbocycles. The topological polar surface area (TPSA) is 34.1 Å². The largest absolute Gasteiger partial charge is 0.299 e. The summed E-state index contributed by atoms with van der Waals surface area (Å²) in [7, 11) is 0. The minimum Gasteiger partial charge on any atom is -0.299 e. The van der Waals surface area contributed by atoms with E-state index in [0.29, 0.717) is 0 Å². The van der Waals surface area contributed by atoms with Gasteiger partial charge < -0.3 is 0 Å². The fourth-order valence-electron chi connectivity index (χ4n) is 1.07. The zero-order valence-corrected chi connectivity index (χ0v) is 7.59. The number of allylic oxidation sites excluding steroid dienone is 2. The zero-order chi connectivity index (χ0) is 10.2. The molecular weight excluding hydrogens is 176 g/mol. The van der Waals surface area contributed by atoms with E-state index >= 15 is 0 Å². The van der Waals surface area contributed by atoms with Crippen molar-refractivity contribution in [1.82, 2.24) is 0 Å². The van der Waals surface area contributed by atoms with E-state index in [1.807, 2.05) is 24.3 Å². The van der Waals surface area contributed by atoms with Crippen molar-refractivity contribution in [3.05, 3.63) is 47.5 Å². The monoisotopic (exact) mass is 186 g/mol. The normalized spacial score (nSPS) is 10.9. The molecule has 0 aromatic heterocycles. The first kappa shape index (κ1) is 10.1. The molecule has 70 valence electrons. The predicted octanol–water partition coefficient (Wildman–Crippen LogP) is 2.11. The second-order valence-electron chi connectivity index (χ2n) is 2.66. The van der Waals surface area contributed by atoms with Crippen molar-refractivity contribution in [3.8, 4) is 0 Å². The molecule has 0 fully saturated rings. The lowest BCUT2D eigenvalue weighted by atomic mass is 10.1. The van der Waals surface area contributed by atoms with Gasteiger partial charge in [-0.15, -0.1) is 0 Å². The van der Waals surface area contributed by atoms with Crippen LogP contribution in [0, 0.1) is 0 Å². The fraction of sp³-hybridized carbons (Fsp3) is 0. The van der Waals surface area contributed by atoms with E-state index < -0.39 is 0 Å². The molecule has 0 amide bonds. The third-order valence-electron chi connectivity index (χ3n) is 1.65. The number of hydrogen-bond donors (Lipinski definition) is 0. The molecule has 0 atom stereocenters. The second kappa shape index (κ2) is 5.65. The summed E-state index contributed by atoms with van der Waals surface area (Å²) in [5.41, 5.74) is 1.87. The van der Waals surface area contributed by atoms with Crippen LogP contribution in [0.25, 0.3) is 12.2 Å². The van der Waals surface area contributed by atoms with Gasteiger partial charge in [0.2, 0.25) is 0 Å². The molecular formula is C12H10O2. The smallest absolute Gasteiger partial charge is 0.142 e. The Morgan fingerprint density at radius 2 is 1.36 bits per heavy atom. The molecule has 2 heteroatoms. The van der Waals surface area contributed by atoms with Crippen LogP contribution in [0.3, 0.4) is 0 Å². The lowest BCUT2D eigenvalue weighted by molar-refractivity contribution is -0.104. The number of carbonyl (C=O) groups is 2. The van der Waals surface area contributed by atoms with E-state index in [1.165, 1.54) is 12.2 Å². The molecule has 0 spiro atoms. The Balaban J connectivity index is 2.88. The van der Waals surface area contributed by atoms with Gasteiger partial charge in [0.05, 0.1) is 0 Å². The number of benzene rings is 1. The van der Waals surface area contributed by atoms with Crippen LogP contribution < -0.4 is 0 Å². The molecule has 0 bridgehead atoms. The molecule has 0 saturated carbocycles. The van der Waals surface area contributed by atoms with Crippen LogP contribution in [-0.4, -0.2) is 12.6 Å². The van der Waals surface area contributed by atoms with Gasteiger partial charge in [-0.05, 0) is 29.3 Å². The van der Waals surface area contributed by atoms with Crippen LogP contribution >= 0.6 is 0 Å². The van der Waals surface area contributed by atoms with Crippen molar-refractivity contribution >= 4 is 24.7 Å². The summed E-state index contributed by atoms with van der Waals surface area (Å²) in [4.78, 5) is 20.2. The van der Waals surface area contributed by atoms with Crippen LogP contribution in [0.2, 0.25) is 0 Å². The highest BCUT2D eigenvalue weighted by molar-refractivity contribution is 5.76. The number of hydrogen-bond acceptors (Lipinski definition) is 2. The summed E-state index contributed by atoms with van der Waals surface area (Å²) < 4.78 is 0. The average Bonchev–Trinajstić information content (AvgIpc) is 2.24. The molecule has 1 aromatic rings. The predicted molar refractivity (Wildman–Crippen MR) is 56.6 cm³/mol. The first-order valence-corrected chi connectivity index (χ1v) is 4.20. The van der Waals surface area contributed by atoms with Gasteiger partial charge in [-0.3, -0.25) is 9.59 Å². The van der Waals surface area contributed by atoms with Crippen LogP contribution in [0.1, 0.15) is 11.1 Å². The highest BCUT2D eigenvalue weighted by Crippen LogP contribution is 2.08. The van der Waals surface area contributed by atoms with Gasteiger partial charge in [-0.1, -0.05) is 30.4 Å². The molecule has 0 aliphatic rings. The third kappa shape index (κ3) is 3.19. The van der Waals surface area contributed by atoms with E-state index in [4.69, 9.17) is 0 Å². The van der Waals surface area contributed by atoms with Gasteiger partial charge in [-0.25, -0.2) is 0 Å².